The van der Waals surface area contributed by atoms with Crippen molar-refractivity contribution >= 4 is 11.9 Å². The van der Waals surface area contributed by atoms with Crippen LogP contribution < -0.4 is 14.2 Å². The lowest BCUT2D eigenvalue weighted by Gasteiger charge is -2.33. The van der Waals surface area contributed by atoms with Crippen molar-refractivity contribution in [3.63, 3.8) is 0 Å². The number of ether oxygens (including phenoxy) is 3. The Bertz CT molecular complexity index is 842. The van der Waals surface area contributed by atoms with Crippen molar-refractivity contribution in [2.75, 3.05) is 20.8 Å². The van der Waals surface area contributed by atoms with E-state index in [0.717, 1.165) is 18.4 Å². The zero-order valence-electron chi connectivity index (χ0n) is 16.6. The van der Waals surface area contributed by atoms with Crippen LogP contribution in [0.25, 0.3) is 0 Å². The topological polar surface area (TPSA) is 85.3 Å². The number of benzene rings is 2. The number of methoxy groups -OCH3 is 2. The van der Waals surface area contributed by atoms with E-state index in [0.29, 0.717) is 42.4 Å². The van der Waals surface area contributed by atoms with Gasteiger partial charge in [-0.05, 0) is 37.0 Å². The molecule has 2 aromatic carbocycles. The van der Waals surface area contributed by atoms with Crippen molar-refractivity contribution in [2.24, 2.45) is 0 Å². The average molecular weight is 399 g/mol. The molecule has 154 valence electrons. The number of hydrogen-bond acceptors (Lipinski definition) is 5. The Balaban J connectivity index is 1.88. The van der Waals surface area contributed by atoms with Crippen LogP contribution in [0.1, 0.15) is 35.2 Å². The molecule has 0 aliphatic carbocycles. The summed E-state index contributed by atoms with van der Waals surface area (Å²) >= 11 is 0. The quantitative estimate of drug-likeness (QED) is 0.768. The first-order chi connectivity index (χ1) is 14.0. The fraction of sp³-hybridized carbons (Fsp3) is 0.364. The van der Waals surface area contributed by atoms with Crippen molar-refractivity contribution in [1.82, 2.24) is 4.90 Å². The standard InChI is InChI=1S/C22H25NO6/c1-27-18-12-16(21(24)23-11-7-6-10-17(23)22(25)26)13-19(28-2)20(18)29-14-15-8-4-3-5-9-15/h3-5,8-9,12-13,17H,6-7,10-11,14H2,1-2H3,(H,25,26). The molecule has 1 aliphatic rings. The van der Waals surface area contributed by atoms with Crippen LogP contribution >= 0.6 is 0 Å². The van der Waals surface area contributed by atoms with Crippen LogP contribution in [0.3, 0.4) is 0 Å². The van der Waals surface area contributed by atoms with Crippen molar-refractivity contribution < 1.29 is 28.9 Å². The van der Waals surface area contributed by atoms with E-state index in [-0.39, 0.29) is 5.91 Å². The maximum absolute atomic E-state index is 13.1. The molecule has 1 saturated heterocycles. The molecule has 1 fully saturated rings. The van der Waals surface area contributed by atoms with Crippen LogP contribution in [0.4, 0.5) is 0 Å². The summed E-state index contributed by atoms with van der Waals surface area (Å²) in [6, 6.07) is 12.0. The van der Waals surface area contributed by atoms with E-state index in [4.69, 9.17) is 14.2 Å². The number of carboxylic acid groups (broad SMARTS) is 1. The van der Waals surface area contributed by atoms with E-state index in [1.165, 1.54) is 19.1 Å². The SMILES string of the molecule is COc1cc(C(=O)N2CCCCC2C(=O)O)cc(OC)c1OCc1ccccc1. The minimum atomic E-state index is -0.986. The van der Waals surface area contributed by atoms with Crippen LogP contribution in [0.5, 0.6) is 17.2 Å². The van der Waals surface area contributed by atoms with Gasteiger partial charge in [-0.15, -0.1) is 0 Å². The van der Waals surface area contributed by atoms with Crippen molar-refractivity contribution in [1.29, 1.82) is 0 Å². The maximum Gasteiger partial charge on any atom is 0.326 e. The second-order valence-electron chi connectivity index (χ2n) is 6.83. The summed E-state index contributed by atoms with van der Waals surface area (Å²) in [4.78, 5) is 26.0. The number of hydrogen-bond donors (Lipinski definition) is 1. The molecule has 1 amide bonds. The summed E-state index contributed by atoms with van der Waals surface area (Å²) in [5.41, 5.74) is 1.29. The highest BCUT2D eigenvalue weighted by Crippen LogP contribution is 2.39. The molecule has 1 atom stereocenters. The Morgan fingerprint density at radius 1 is 1.07 bits per heavy atom. The Morgan fingerprint density at radius 3 is 2.31 bits per heavy atom. The highest BCUT2D eigenvalue weighted by atomic mass is 16.5. The molecular weight excluding hydrogens is 374 g/mol. The van der Waals surface area contributed by atoms with Crippen LogP contribution in [0, 0.1) is 0 Å². The lowest BCUT2D eigenvalue weighted by Crippen LogP contribution is -2.48. The number of rotatable bonds is 7. The molecule has 0 bridgehead atoms. The minimum Gasteiger partial charge on any atom is -0.493 e. The number of carbonyl (C=O) groups is 2. The zero-order chi connectivity index (χ0) is 20.8. The van der Waals surface area contributed by atoms with E-state index >= 15 is 0 Å². The fourth-order valence-electron chi connectivity index (χ4n) is 3.47. The summed E-state index contributed by atoms with van der Waals surface area (Å²) < 4.78 is 16.8. The van der Waals surface area contributed by atoms with E-state index in [9.17, 15) is 14.7 Å². The number of amides is 1. The van der Waals surface area contributed by atoms with Gasteiger partial charge in [-0.3, -0.25) is 4.79 Å². The molecule has 7 nitrogen and oxygen atoms in total. The largest absolute Gasteiger partial charge is 0.493 e. The van der Waals surface area contributed by atoms with Gasteiger partial charge in [0.05, 0.1) is 14.2 Å². The highest BCUT2D eigenvalue weighted by molar-refractivity contribution is 5.98. The van der Waals surface area contributed by atoms with Crippen LogP contribution in [-0.4, -0.2) is 48.7 Å². The Hall–Kier alpha value is -3.22. The van der Waals surface area contributed by atoms with Crippen molar-refractivity contribution in [3.8, 4) is 17.2 Å². The van der Waals surface area contributed by atoms with E-state index in [1.54, 1.807) is 12.1 Å². The number of piperidine rings is 1. The molecule has 0 saturated carbocycles. The third kappa shape index (κ3) is 4.62. The van der Waals surface area contributed by atoms with Gasteiger partial charge in [0.2, 0.25) is 5.75 Å². The predicted octanol–water partition coefficient (Wildman–Crippen LogP) is 3.36. The second-order valence-corrected chi connectivity index (χ2v) is 6.83. The lowest BCUT2D eigenvalue weighted by molar-refractivity contribution is -0.143. The highest BCUT2D eigenvalue weighted by Gasteiger charge is 2.33. The molecule has 0 radical (unpaired) electrons. The smallest absolute Gasteiger partial charge is 0.326 e. The average Bonchev–Trinajstić information content (AvgIpc) is 2.77. The number of carboxylic acids is 1. The molecule has 1 unspecified atom stereocenters. The first-order valence-corrected chi connectivity index (χ1v) is 9.51. The lowest BCUT2D eigenvalue weighted by atomic mass is 10.0. The molecule has 1 heterocycles. The van der Waals surface area contributed by atoms with Crippen LogP contribution in [0.2, 0.25) is 0 Å². The van der Waals surface area contributed by atoms with Gasteiger partial charge in [0.1, 0.15) is 12.6 Å². The van der Waals surface area contributed by atoms with Gasteiger partial charge in [-0.25, -0.2) is 4.79 Å². The molecule has 2 aromatic rings. The molecule has 1 N–H and O–H groups in total. The van der Waals surface area contributed by atoms with E-state index in [2.05, 4.69) is 0 Å². The van der Waals surface area contributed by atoms with Gasteiger partial charge in [0.25, 0.3) is 5.91 Å². The second kappa shape index (κ2) is 9.32. The summed E-state index contributed by atoms with van der Waals surface area (Å²) in [5, 5.41) is 9.47. The normalized spacial score (nSPS) is 16.2. The number of likely N-dealkylation sites (tertiary alicyclic amines) is 1. The summed E-state index contributed by atoms with van der Waals surface area (Å²) in [6.45, 7) is 0.723. The van der Waals surface area contributed by atoms with Crippen LogP contribution in [-0.2, 0) is 11.4 Å². The monoisotopic (exact) mass is 399 g/mol. The zero-order valence-corrected chi connectivity index (χ0v) is 16.6. The van der Waals surface area contributed by atoms with Gasteiger partial charge in [-0.2, -0.15) is 0 Å². The predicted molar refractivity (Wildman–Crippen MR) is 107 cm³/mol. The van der Waals surface area contributed by atoms with Gasteiger partial charge in [0, 0.05) is 12.1 Å². The third-order valence-electron chi connectivity index (χ3n) is 4.98. The Labute approximate surface area is 169 Å². The Kier molecular flexibility index (Phi) is 6.59. The van der Waals surface area contributed by atoms with Gasteiger partial charge >= 0.3 is 5.97 Å². The number of nitrogens with zero attached hydrogens (tertiary/aromatic N) is 1. The Morgan fingerprint density at radius 2 is 1.72 bits per heavy atom. The van der Waals surface area contributed by atoms with Crippen molar-refractivity contribution in [3.05, 3.63) is 53.6 Å². The molecule has 0 spiro atoms. The minimum absolute atomic E-state index is 0.305. The molecule has 1 aliphatic heterocycles. The number of carbonyl (C=O) groups excluding carboxylic acids is 1. The fourth-order valence-corrected chi connectivity index (χ4v) is 3.47. The van der Waals surface area contributed by atoms with Crippen molar-refractivity contribution in [2.45, 2.75) is 31.9 Å². The van der Waals surface area contributed by atoms with E-state index < -0.39 is 12.0 Å². The van der Waals surface area contributed by atoms with Gasteiger partial charge < -0.3 is 24.2 Å². The van der Waals surface area contributed by atoms with Crippen LogP contribution in [0.15, 0.2) is 42.5 Å². The third-order valence-corrected chi connectivity index (χ3v) is 4.98. The number of aliphatic carboxylic acids is 1. The van der Waals surface area contributed by atoms with Gasteiger partial charge in [-0.1, -0.05) is 30.3 Å². The summed E-state index contributed by atoms with van der Waals surface area (Å²) in [7, 11) is 2.97. The molecule has 29 heavy (non-hydrogen) atoms. The summed E-state index contributed by atoms with van der Waals surface area (Å²) in [5.74, 6) is -0.244. The molecule has 7 heteroatoms. The van der Waals surface area contributed by atoms with E-state index in [1.807, 2.05) is 30.3 Å². The summed E-state index contributed by atoms with van der Waals surface area (Å²) in [6.07, 6.45) is 2.02. The molecular formula is C22H25NO6. The first-order valence-electron chi connectivity index (χ1n) is 9.51. The molecule has 3 rings (SSSR count). The maximum atomic E-state index is 13.1. The van der Waals surface area contributed by atoms with Gasteiger partial charge in [0.15, 0.2) is 11.5 Å². The molecule has 0 aromatic heterocycles. The first kappa shape index (κ1) is 20.5.